The molecule has 0 radical (unpaired) electrons. The SMILES string of the molecule is NCCc1ccc(S(=O)(=O)NCC2CCC2)cc1. The predicted molar refractivity (Wildman–Crippen MR) is 71.7 cm³/mol. The average molecular weight is 268 g/mol. The molecule has 5 heteroatoms. The van der Waals surface area contributed by atoms with Gasteiger partial charge < -0.3 is 5.73 Å². The van der Waals surface area contributed by atoms with Crippen molar-refractivity contribution in [1.29, 1.82) is 0 Å². The lowest BCUT2D eigenvalue weighted by Crippen LogP contribution is -2.32. The summed E-state index contributed by atoms with van der Waals surface area (Å²) in [5.41, 5.74) is 6.52. The smallest absolute Gasteiger partial charge is 0.240 e. The second kappa shape index (κ2) is 5.82. The minimum Gasteiger partial charge on any atom is -0.330 e. The van der Waals surface area contributed by atoms with Crippen molar-refractivity contribution in [3.05, 3.63) is 29.8 Å². The first-order valence-electron chi connectivity index (χ1n) is 6.40. The first kappa shape index (κ1) is 13.5. The van der Waals surface area contributed by atoms with Crippen molar-refractivity contribution in [3.8, 4) is 0 Å². The van der Waals surface area contributed by atoms with Gasteiger partial charge >= 0.3 is 0 Å². The van der Waals surface area contributed by atoms with Crippen molar-refractivity contribution in [2.45, 2.75) is 30.6 Å². The molecule has 1 aliphatic carbocycles. The van der Waals surface area contributed by atoms with Crippen molar-refractivity contribution < 1.29 is 8.42 Å². The van der Waals surface area contributed by atoms with Crippen LogP contribution in [0, 0.1) is 5.92 Å². The molecule has 0 bridgehead atoms. The highest BCUT2D eigenvalue weighted by atomic mass is 32.2. The number of hydrogen-bond acceptors (Lipinski definition) is 3. The third-order valence-corrected chi connectivity index (χ3v) is 4.89. The fourth-order valence-electron chi connectivity index (χ4n) is 2.01. The summed E-state index contributed by atoms with van der Waals surface area (Å²) >= 11 is 0. The van der Waals surface area contributed by atoms with Crippen LogP contribution in [-0.4, -0.2) is 21.5 Å². The van der Waals surface area contributed by atoms with E-state index in [0.717, 1.165) is 24.8 Å². The second-order valence-electron chi connectivity index (χ2n) is 4.83. The third kappa shape index (κ3) is 3.31. The Hall–Kier alpha value is -0.910. The van der Waals surface area contributed by atoms with Gasteiger partial charge in [0.25, 0.3) is 0 Å². The Labute approximate surface area is 109 Å². The predicted octanol–water partition coefficient (Wildman–Crippen LogP) is 1.27. The Kier molecular flexibility index (Phi) is 4.37. The van der Waals surface area contributed by atoms with E-state index in [1.54, 1.807) is 12.1 Å². The van der Waals surface area contributed by atoms with Crippen LogP contribution < -0.4 is 10.5 Å². The first-order chi connectivity index (χ1) is 8.62. The van der Waals surface area contributed by atoms with E-state index >= 15 is 0 Å². The van der Waals surface area contributed by atoms with Crippen LogP contribution in [-0.2, 0) is 16.4 Å². The quantitative estimate of drug-likeness (QED) is 0.816. The van der Waals surface area contributed by atoms with Crippen LogP contribution in [0.3, 0.4) is 0 Å². The lowest BCUT2D eigenvalue weighted by Gasteiger charge is -2.25. The topological polar surface area (TPSA) is 72.2 Å². The largest absolute Gasteiger partial charge is 0.330 e. The average Bonchev–Trinajstić information content (AvgIpc) is 2.28. The molecule has 1 aromatic rings. The van der Waals surface area contributed by atoms with E-state index in [4.69, 9.17) is 5.73 Å². The van der Waals surface area contributed by atoms with Gasteiger partial charge in [0.1, 0.15) is 0 Å². The fourth-order valence-corrected chi connectivity index (χ4v) is 3.13. The summed E-state index contributed by atoms with van der Waals surface area (Å²) in [5, 5.41) is 0. The normalized spacial score (nSPS) is 16.5. The van der Waals surface area contributed by atoms with E-state index in [9.17, 15) is 8.42 Å². The molecule has 4 nitrogen and oxygen atoms in total. The molecule has 0 amide bonds. The molecule has 1 aliphatic rings. The Bertz CT molecular complexity index is 478. The van der Waals surface area contributed by atoms with Crippen LogP contribution in [0.25, 0.3) is 0 Å². The van der Waals surface area contributed by atoms with Gasteiger partial charge in [0.15, 0.2) is 0 Å². The minimum absolute atomic E-state index is 0.336. The molecule has 100 valence electrons. The fraction of sp³-hybridized carbons (Fsp3) is 0.538. The highest BCUT2D eigenvalue weighted by Gasteiger charge is 2.21. The van der Waals surface area contributed by atoms with Gasteiger partial charge in [-0.15, -0.1) is 0 Å². The summed E-state index contributed by atoms with van der Waals surface area (Å²) in [6, 6.07) is 6.94. The zero-order valence-electron chi connectivity index (χ0n) is 10.4. The Morgan fingerprint density at radius 3 is 2.39 bits per heavy atom. The summed E-state index contributed by atoms with van der Waals surface area (Å²) in [7, 11) is -3.34. The molecular weight excluding hydrogens is 248 g/mol. The number of rotatable bonds is 6. The van der Waals surface area contributed by atoms with Gasteiger partial charge in [-0.1, -0.05) is 18.6 Å². The van der Waals surface area contributed by atoms with Crippen LogP contribution in [0.15, 0.2) is 29.2 Å². The Morgan fingerprint density at radius 1 is 1.22 bits per heavy atom. The maximum atomic E-state index is 12.0. The van der Waals surface area contributed by atoms with Crippen molar-refractivity contribution in [2.75, 3.05) is 13.1 Å². The molecule has 0 atom stereocenters. The summed E-state index contributed by atoms with van der Waals surface area (Å²) in [6.45, 7) is 1.14. The first-order valence-corrected chi connectivity index (χ1v) is 7.89. The molecular formula is C13H20N2O2S. The summed E-state index contributed by atoms with van der Waals surface area (Å²) in [4.78, 5) is 0.336. The molecule has 18 heavy (non-hydrogen) atoms. The Balaban J connectivity index is 1.99. The number of nitrogens with two attached hydrogens (primary N) is 1. The van der Waals surface area contributed by atoms with Crippen LogP contribution in [0.4, 0.5) is 0 Å². The highest BCUT2D eigenvalue weighted by Crippen LogP contribution is 2.25. The zero-order chi connectivity index (χ0) is 13.0. The number of nitrogens with one attached hydrogen (secondary N) is 1. The summed E-state index contributed by atoms with van der Waals surface area (Å²) in [6.07, 6.45) is 4.27. The van der Waals surface area contributed by atoms with Gasteiger partial charge in [-0.3, -0.25) is 0 Å². The molecule has 0 spiro atoms. The summed E-state index contributed by atoms with van der Waals surface area (Å²) in [5.74, 6) is 0.524. The van der Waals surface area contributed by atoms with Gasteiger partial charge in [0, 0.05) is 6.54 Å². The van der Waals surface area contributed by atoms with E-state index in [-0.39, 0.29) is 0 Å². The molecule has 3 N–H and O–H groups in total. The molecule has 2 rings (SSSR count). The van der Waals surface area contributed by atoms with Gasteiger partial charge in [0.05, 0.1) is 4.90 Å². The molecule has 1 aromatic carbocycles. The van der Waals surface area contributed by atoms with Crippen LogP contribution >= 0.6 is 0 Å². The molecule has 0 heterocycles. The van der Waals surface area contributed by atoms with Crippen LogP contribution in [0.5, 0.6) is 0 Å². The maximum Gasteiger partial charge on any atom is 0.240 e. The van der Waals surface area contributed by atoms with Crippen LogP contribution in [0.1, 0.15) is 24.8 Å². The second-order valence-corrected chi connectivity index (χ2v) is 6.60. The van der Waals surface area contributed by atoms with E-state index in [0.29, 0.717) is 23.9 Å². The molecule has 0 unspecified atom stereocenters. The van der Waals surface area contributed by atoms with Gasteiger partial charge in [-0.2, -0.15) is 0 Å². The number of benzene rings is 1. The van der Waals surface area contributed by atoms with Crippen LogP contribution in [0.2, 0.25) is 0 Å². The lowest BCUT2D eigenvalue weighted by molar-refractivity contribution is 0.316. The van der Waals surface area contributed by atoms with Gasteiger partial charge in [0.2, 0.25) is 10.0 Å². The monoisotopic (exact) mass is 268 g/mol. The number of hydrogen-bond donors (Lipinski definition) is 2. The van der Waals surface area contributed by atoms with E-state index < -0.39 is 10.0 Å². The molecule has 0 aromatic heterocycles. The molecule has 1 saturated carbocycles. The van der Waals surface area contributed by atoms with E-state index in [1.807, 2.05) is 12.1 Å². The van der Waals surface area contributed by atoms with Crippen molar-refractivity contribution in [1.82, 2.24) is 4.72 Å². The van der Waals surface area contributed by atoms with E-state index in [1.165, 1.54) is 6.42 Å². The van der Waals surface area contributed by atoms with Gasteiger partial charge in [-0.05, 0) is 49.4 Å². The zero-order valence-corrected chi connectivity index (χ0v) is 11.2. The van der Waals surface area contributed by atoms with Crippen molar-refractivity contribution >= 4 is 10.0 Å². The highest BCUT2D eigenvalue weighted by molar-refractivity contribution is 7.89. The van der Waals surface area contributed by atoms with Crippen molar-refractivity contribution in [3.63, 3.8) is 0 Å². The summed E-state index contributed by atoms with van der Waals surface area (Å²) < 4.78 is 26.7. The third-order valence-electron chi connectivity index (χ3n) is 3.45. The molecule has 0 saturated heterocycles. The lowest BCUT2D eigenvalue weighted by atomic mass is 9.86. The minimum atomic E-state index is -3.34. The Morgan fingerprint density at radius 2 is 1.89 bits per heavy atom. The molecule has 1 fully saturated rings. The standard InChI is InChI=1S/C13H20N2O2S/c14-9-8-11-4-6-13(7-5-11)18(16,17)15-10-12-2-1-3-12/h4-7,12,15H,1-3,8-10,14H2. The van der Waals surface area contributed by atoms with Crippen molar-refractivity contribution in [2.24, 2.45) is 11.7 Å². The number of sulfonamides is 1. The van der Waals surface area contributed by atoms with E-state index in [2.05, 4.69) is 4.72 Å². The maximum absolute atomic E-state index is 12.0. The van der Waals surface area contributed by atoms with Gasteiger partial charge in [-0.25, -0.2) is 13.1 Å². The molecule has 0 aliphatic heterocycles.